The minimum Gasteiger partial charge on any atom is -0.364 e. The molecule has 154 valence electrons. The zero-order valence-electron chi connectivity index (χ0n) is 16.2. The maximum Gasteiger partial charge on any atom is 0.272 e. The van der Waals surface area contributed by atoms with E-state index >= 15 is 0 Å². The molecular weight excluding hydrogens is 386 g/mol. The van der Waals surface area contributed by atoms with Gasteiger partial charge in [-0.25, -0.2) is 8.42 Å². The van der Waals surface area contributed by atoms with Crippen molar-refractivity contribution in [3.63, 3.8) is 0 Å². The third-order valence-electron chi connectivity index (χ3n) is 5.70. The molecule has 2 aliphatic rings. The Morgan fingerprint density at radius 2 is 2.04 bits per heavy atom. The van der Waals surface area contributed by atoms with Crippen molar-refractivity contribution in [3.8, 4) is 0 Å². The molecule has 2 heterocycles. The predicted octanol–water partition coefficient (Wildman–Crippen LogP) is -1.01. The van der Waals surface area contributed by atoms with E-state index in [1.54, 1.807) is 20.9 Å². The lowest BCUT2D eigenvalue weighted by atomic mass is 10.0. The molecule has 3 N–H and O–H groups in total. The van der Waals surface area contributed by atoms with Gasteiger partial charge in [0.15, 0.2) is 15.5 Å². The quantitative estimate of drug-likeness (QED) is 0.524. The van der Waals surface area contributed by atoms with Gasteiger partial charge >= 0.3 is 0 Å². The molecule has 1 aromatic heterocycles. The van der Waals surface area contributed by atoms with Crippen LogP contribution in [-0.2, 0) is 28.1 Å². The fourth-order valence-electron chi connectivity index (χ4n) is 3.89. The molecule has 0 bridgehead atoms. The molecule has 1 aliphatic carbocycles. The Hall–Kier alpha value is -2.43. The van der Waals surface area contributed by atoms with Crippen molar-refractivity contribution < 1.29 is 22.8 Å². The van der Waals surface area contributed by atoms with Gasteiger partial charge in [0.2, 0.25) is 6.41 Å². The highest BCUT2D eigenvalue weighted by Crippen LogP contribution is 2.49. The zero-order valence-corrected chi connectivity index (χ0v) is 17.0. The molecule has 0 unspecified atom stereocenters. The number of nitrogens with zero attached hydrogens (tertiary/aromatic N) is 3. The number of amides is 3. The highest BCUT2D eigenvalue weighted by molar-refractivity contribution is 7.94. The van der Waals surface area contributed by atoms with E-state index in [1.807, 2.05) is 0 Å². The Labute approximate surface area is 163 Å². The summed E-state index contributed by atoms with van der Waals surface area (Å²) in [7, 11) is -2.07. The van der Waals surface area contributed by atoms with Gasteiger partial charge < -0.3 is 16.0 Å². The van der Waals surface area contributed by atoms with Crippen molar-refractivity contribution in [2.45, 2.75) is 42.6 Å². The summed E-state index contributed by atoms with van der Waals surface area (Å²) >= 11 is 0. The third kappa shape index (κ3) is 2.97. The van der Waals surface area contributed by atoms with Crippen LogP contribution < -0.4 is 11.1 Å². The molecule has 0 radical (unpaired) electrons. The van der Waals surface area contributed by atoms with Crippen LogP contribution >= 0.6 is 0 Å². The van der Waals surface area contributed by atoms with Gasteiger partial charge in [-0.1, -0.05) is 0 Å². The summed E-state index contributed by atoms with van der Waals surface area (Å²) in [6, 6.07) is 0. The number of carbonyl (C=O) groups excluding carboxylic acids is 3. The van der Waals surface area contributed by atoms with Crippen LogP contribution in [0, 0.1) is 0 Å². The average Bonchev–Trinajstić information content (AvgIpc) is 3.32. The van der Waals surface area contributed by atoms with Gasteiger partial charge in [0.1, 0.15) is 5.69 Å². The summed E-state index contributed by atoms with van der Waals surface area (Å²) in [5.41, 5.74) is 6.21. The lowest BCUT2D eigenvalue weighted by Gasteiger charge is -2.35. The number of carbonyl (C=O) groups is 3. The van der Waals surface area contributed by atoms with Gasteiger partial charge in [-0.3, -0.25) is 19.1 Å². The van der Waals surface area contributed by atoms with Gasteiger partial charge in [-0.15, -0.1) is 0 Å². The summed E-state index contributed by atoms with van der Waals surface area (Å²) in [6.45, 7) is 3.53. The topological polar surface area (TPSA) is 144 Å². The van der Waals surface area contributed by atoms with Crippen LogP contribution in [0.25, 0.3) is 0 Å². The van der Waals surface area contributed by atoms with Crippen molar-refractivity contribution in [3.05, 3.63) is 17.0 Å². The van der Waals surface area contributed by atoms with E-state index in [4.69, 9.17) is 5.73 Å². The van der Waals surface area contributed by atoms with Crippen LogP contribution in [-0.4, -0.2) is 70.5 Å². The maximum atomic E-state index is 13.3. The lowest BCUT2D eigenvalue weighted by Crippen LogP contribution is -2.53. The minimum absolute atomic E-state index is 0.00236. The first-order valence-corrected chi connectivity index (χ1v) is 10.5. The van der Waals surface area contributed by atoms with E-state index in [0.29, 0.717) is 37.8 Å². The second-order valence-corrected chi connectivity index (χ2v) is 11.1. The number of aryl methyl sites for hydroxylation is 1. The van der Waals surface area contributed by atoms with Crippen molar-refractivity contribution in [1.82, 2.24) is 20.0 Å². The molecule has 0 spiro atoms. The zero-order chi connectivity index (χ0) is 20.9. The summed E-state index contributed by atoms with van der Waals surface area (Å²) in [5, 5.41) is 6.49. The first-order chi connectivity index (χ1) is 13.0. The molecule has 0 aromatic carbocycles. The number of primary amides is 1. The van der Waals surface area contributed by atoms with E-state index in [1.165, 1.54) is 9.58 Å². The highest BCUT2D eigenvalue weighted by atomic mass is 32.2. The molecule has 1 saturated carbocycles. The lowest BCUT2D eigenvalue weighted by molar-refractivity contribution is -0.109. The van der Waals surface area contributed by atoms with E-state index < -0.39 is 25.2 Å². The van der Waals surface area contributed by atoms with Crippen molar-refractivity contribution in [2.75, 3.05) is 19.6 Å². The van der Waals surface area contributed by atoms with Crippen LogP contribution in [0.4, 0.5) is 0 Å². The van der Waals surface area contributed by atoms with Crippen LogP contribution in [0.5, 0.6) is 0 Å². The third-order valence-corrected chi connectivity index (χ3v) is 8.97. The van der Waals surface area contributed by atoms with Crippen LogP contribution in [0.1, 0.15) is 53.2 Å². The minimum atomic E-state index is -3.63. The number of nitrogens with one attached hydrogen (secondary N) is 1. The van der Waals surface area contributed by atoms with Crippen LogP contribution in [0.15, 0.2) is 0 Å². The Morgan fingerprint density at radius 1 is 1.39 bits per heavy atom. The Bertz CT molecular complexity index is 945. The summed E-state index contributed by atoms with van der Waals surface area (Å²) < 4.78 is 25.7. The van der Waals surface area contributed by atoms with E-state index in [0.717, 1.165) is 0 Å². The molecule has 1 fully saturated rings. The smallest absolute Gasteiger partial charge is 0.272 e. The number of rotatable bonds is 8. The normalized spacial score (nSPS) is 18.5. The molecule has 10 nitrogen and oxygen atoms in total. The van der Waals surface area contributed by atoms with E-state index in [9.17, 15) is 22.8 Å². The number of fused-ring (bicyclic) bond motifs is 1. The van der Waals surface area contributed by atoms with Crippen molar-refractivity contribution in [2.24, 2.45) is 12.8 Å². The fourth-order valence-corrected chi connectivity index (χ4v) is 6.30. The van der Waals surface area contributed by atoms with E-state index in [2.05, 4.69) is 10.4 Å². The standard InChI is InChI=1S/C17H25N5O5S/c1-16(2,8-19-10-23)28(26,27)17(5-6-17)9-22-7-4-11-12(14(18)24)20-21(3)13(11)15(22)25/h10H,4-9H2,1-3H3,(H2,18,24)(H,19,23). The van der Waals surface area contributed by atoms with Crippen molar-refractivity contribution in [1.29, 1.82) is 0 Å². The summed E-state index contributed by atoms with van der Waals surface area (Å²) in [4.78, 5) is 36.7. The monoisotopic (exact) mass is 411 g/mol. The predicted molar refractivity (Wildman–Crippen MR) is 100 cm³/mol. The van der Waals surface area contributed by atoms with Gasteiger partial charge in [0.25, 0.3) is 11.8 Å². The average molecular weight is 411 g/mol. The first-order valence-electron chi connectivity index (χ1n) is 9.03. The Balaban J connectivity index is 1.86. The van der Waals surface area contributed by atoms with Crippen LogP contribution in [0.2, 0.25) is 0 Å². The second kappa shape index (κ2) is 6.57. The number of hydrogen-bond acceptors (Lipinski definition) is 6. The SMILES string of the molecule is Cn1nc(C(N)=O)c2c1C(=O)N(CC1(S(=O)(=O)C(C)(C)CNC=O)CC1)CC2. The Morgan fingerprint density at radius 3 is 2.57 bits per heavy atom. The van der Waals surface area contributed by atoms with Gasteiger partial charge in [-0.2, -0.15) is 5.10 Å². The molecule has 28 heavy (non-hydrogen) atoms. The second-order valence-electron chi connectivity index (χ2n) is 8.09. The highest BCUT2D eigenvalue weighted by Gasteiger charge is 2.60. The number of nitrogens with two attached hydrogens (primary N) is 1. The first kappa shape index (κ1) is 20.3. The molecule has 0 saturated heterocycles. The molecule has 1 aliphatic heterocycles. The van der Waals surface area contributed by atoms with Gasteiger partial charge in [0.05, 0.1) is 9.49 Å². The molecule has 11 heteroatoms. The molecule has 3 amide bonds. The number of aromatic nitrogens is 2. The largest absolute Gasteiger partial charge is 0.364 e. The fraction of sp³-hybridized carbons (Fsp3) is 0.647. The maximum absolute atomic E-state index is 13.3. The molecule has 0 atom stereocenters. The van der Waals surface area contributed by atoms with Gasteiger partial charge in [0, 0.05) is 32.2 Å². The van der Waals surface area contributed by atoms with Crippen LogP contribution in [0.3, 0.4) is 0 Å². The van der Waals surface area contributed by atoms with E-state index in [-0.39, 0.29) is 30.4 Å². The van der Waals surface area contributed by atoms with Gasteiger partial charge in [-0.05, 0) is 33.1 Å². The number of sulfone groups is 1. The number of hydrogen-bond donors (Lipinski definition) is 2. The molecule has 1 aromatic rings. The molecular formula is C17H25N5O5S. The van der Waals surface area contributed by atoms with Crippen molar-refractivity contribution >= 4 is 28.1 Å². The Kier molecular flexibility index (Phi) is 4.77. The summed E-state index contributed by atoms with van der Waals surface area (Å²) in [5.74, 6) is -1.04. The summed E-state index contributed by atoms with van der Waals surface area (Å²) in [6.07, 6.45) is 1.80. The molecule has 3 rings (SSSR count).